The lowest BCUT2D eigenvalue weighted by molar-refractivity contribution is 0.655. The molecule has 1 aromatic carbocycles. The van der Waals surface area contributed by atoms with Crippen LogP contribution in [-0.2, 0) is 18.2 Å². The molecule has 1 aromatic heterocycles. The topological polar surface area (TPSA) is 17.8 Å². The molecule has 0 unspecified atom stereocenters. The van der Waals surface area contributed by atoms with Crippen LogP contribution in [-0.4, -0.2) is 9.55 Å². The molecular weight excluding hydrogens is 288 g/mol. The molecule has 0 bridgehead atoms. The van der Waals surface area contributed by atoms with Gasteiger partial charge in [-0.25, -0.2) is 4.98 Å². The Morgan fingerprint density at radius 1 is 1.28 bits per heavy atom. The van der Waals surface area contributed by atoms with E-state index in [9.17, 15) is 0 Å². The Hall–Kier alpha value is -1.09. The molecule has 1 aliphatic rings. The Labute approximate surface area is 116 Å². The van der Waals surface area contributed by atoms with E-state index >= 15 is 0 Å². The van der Waals surface area contributed by atoms with Crippen LogP contribution in [0.5, 0.6) is 0 Å². The summed E-state index contributed by atoms with van der Waals surface area (Å²) in [4.78, 5) is 4.57. The molecule has 1 heterocycles. The van der Waals surface area contributed by atoms with Gasteiger partial charge in [-0.15, -0.1) is 0 Å². The molecule has 0 N–H and O–H groups in total. The van der Waals surface area contributed by atoms with Crippen molar-refractivity contribution in [2.75, 3.05) is 0 Å². The fourth-order valence-electron chi connectivity index (χ4n) is 2.75. The molecule has 0 saturated carbocycles. The number of rotatable bonds is 2. The normalized spacial score (nSPS) is 14.6. The van der Waals surface area contributed by atoms with Crippen molar-refractivity contribution in [3.8, 4) is 5.69 Å². The largest absolute Gasteiger partial charge is 0.303 e. The summed E-state index contributed by atoms with van der Waals surface area (Å²) in [6.45, 7) is 2.18. The molecule has 18 heavy (non-hydrogen) atoms. The highest BCUT2D eigenvalue weighted by Crippen LogP contribution is 2.25. The van der Waals surface area contributed by atoms with Crippen molar-refractivity contribution in [2.45, 2.75) is 37.9 Å². The van der Waals surface area contributed by atoms with E-state index < -0.39 is 0 Å². The van der Waals surface area contributed by atoms with Gasteiger partial charge in [-0.3, -0.25) is 0 Å². The third kappa shape index (κ3) is 2.01. The minimum atomic E-state index is 0.913. The fourth-order valence-corrected chi connectivity index (χ4v) is 3.10. The van der Waals surface area contributed by atoms with E-state index in [4.69, 9.17) is 0 Å². The Morgan fingerprint density at radius 3 is 2.89 bits per heavy atom. The van der Waals surface area contributed by atoms with Crippen LogP contribution in [0.15, 0.2) is 24.5 Å². The lowest BCUT2D eigenvalue weighted by Crippen LogP contribution is -2.07. The highest BCUT2D eigenvalue weighted by Gasteiger charge is 2.16. The smallest absolute Gasteiger partial charge is 0.0997 e. The van der Waals surface area contributed by atoms with Gasteiger partial charge in [0.15, 0.2) is 0 Å². The first kappa shape index (κ1) is 12.0. The summed E-state index contributed by atoms with van der Waals surface area (Å²) in [7, 11) is 0. The first-order valence-corrected chi connectivity index (χ1v) is 7.62. The van der Waals surface area contributed by atoms with Gasteiger partial charge in [0.1, 0.15) is 0 Å². The second-order valence-electron chi connectivity index (χ2n) is 4.97. The SMILES string of the molecule is Cc1cc(CBr)ccc1-n1cnc2c1CCCC2. The molecule has 0 radical (unpaired) electrons. The molecule has 0 amide bonds. The number of aryl methyl sites for hydroxylation is 2. The molecular formula is C15H17BrN2. The summed E-state index contributed by atoms with van der Waals surface area (Å²) >= 11 is 3.51. The van der Waals surface area contributed by atoms with Gasteiger partial charge < -0.3 is 4.57 Å². The molecule has 2 nitrogen and oxygen atoms in total. The monoisotopic (exact) mass is 304 g/mol. The standard InChI is InChI=1S/C15H17BrN2/c1-11-8-12(9-16)6-7-14(11)18-10-17-13-4-2-3-5-15(13)18/h6-8,10H,2-5,9H2,1H3. The molecule has 3 rings (SSSR count). The van der Waals surface area contributed by atoms with Crippen LogP contribution >= 0.6 is 15.9 Å². The van der Waals surface area contributed by atoms with Crippen molar-refractivity contribution in [3.63, 3.8) is 0 Å². The van der Waals surface area contributed by atoms with Gasteiger partial charge in [0.05, 0.1) is 12.0 Å². The minimum absolute atomic E-state index is 0.913. The zero-order chi connectivity index (χ0) is 12.5. The van der Waals surface area contributed by atoms with Gasteiger partial charge in [0, 0.05) is 16.7 Å². The van der Waals surface area contributed by atoms with Gasteiger partial charge in [0.2, 0.25) is 0 Å². The molecule has 0 saturated heterocycles. The van der Waals surface area contributed by atoms with Crippen molar-refractivity contribution in [1.82, 2.24) is 9.55 Å². The van der Waals surface area contributed by atoms with Gasteiger partial charge in [-0.05, 0) is 49.8 Å². The van der Waals surface area contributed by atoms with Crippen molar-refractivity contribution in [1.29, 1.82) is 0 Å². The Kier molecular flexibility index (Phi) is 3.25. The summed E-state index contributed by atoms with van der Waals surface area (Å²) in [5.41, 5.74) is 6.62. The lowest BCUT2D eigenvalue weighted by Gasteiger charge is -2.16. The molecule has 0 fully saturated rings. The van der Waals surface area contributed by atoms with Gasteiger partial charge in [-0.1, -0.05) is 28.1 Å². The van der Waals surface area contributed by atoms with E-state index in [2.05, 4.69) is 50.6 Å². The van der Waals surface area contributed by atoms with Gasteiger partial charge in [-0.2, -0.15) is 0 Å². The predicted molar refractivity (Wildman–Crippen MR) is 77.6 cm³/mol. The van der Waals surface area contributed by atoms with Crippen LogP contribution in [0.1, 0.15) is 35.4 Å². The number of hydrogen-bond acceptors (Lipinski definition) is 1. The first-order chi connectivity index (χ1) is 8.79. The van der Waals surface area contributed by atoms with Gasteiger partial charge >= 0.3 is 0 Å². The van der Waals surface area contributed by atoms with Crippen molar-refractivity contribution in [2.24, 2.45) is 0 Å². The minimum Gasteiger partial charge on any atom is -0.303 e. The van der Waals surface area contributed by atoms with Crippen LogP contribution in [0, 0.1) is 6.92 Å². The quantitative estimate of drug-likeness (QED) is 0.768. The molecule has 0 aliphatic heterocycles. The van der Waals surface area contributed by atoms with Crippen molar-refractivity contribution in [3.05, 3.63) is 47.0 Å². The van der Waals surface area contributed by atoms with E-state index in [1.165, 1.54) is 41.0 Å². The maximum atomic E-state index is 4.57. The first-order valence-electron chi connectivity index (χ1n) is 6.50. The number of aromatic nitrogens is 2. The Morgan fingerprint density at radius 2 is 2.11 bits per heavy atom. The lowest BCUT2D eigenvalue weighted by atomic mass is 10.0. The number of fused-ring (bicyclic) bond motifs is 1. The highest BCUT2D eigenvalue weighted by molar-refractivity contribution is 9.08. The number of benzene rings is 1. The van der Waals surface area contributed by atoms with Crippen LogP contribution in [0.2, 0.25) is 0 Å². The molecule has 2 aromatic rings. The third-order valence-electron chi connectivity index (χ3n) is 3.71. The van der Waals surface area contributed by atoms with Crippen LogP contribution in [0.25, 0.3) is 5.69 Å². The second-order valence-corrected chi connectivity index (χ2v) is 5.53. The average molecular weight is 305 g/mol. The van der Waals surface area contributed by atoms with E-state index in [1.54, 1.807) is 0 Å². The van der Waals surface area contributed by atoms with Gasteiger partial charge in [0.25, 0.3) is 0 Å². The zero-order valence-corrected chi connectivity index (χ0v) is 12.2. The number of halogens is 1. The molecule has 3 heteroatoms. The van der Waals surface area contributed by atoms with Crippen LogP contribution < -0.4 is 0 Å². The molecule has 0 spiro atoms. The Balaban J connectivity index is 2.07. The van der Waals surface area contributed by atoms with E-state index in [0.29, 0.717) is 0 Å². The zero-order valence-electron chi connectivity index (χ0n) is 10.6. The number of imidazole rings is 1. The number of nitrogens with zero attached hydrogens (tertiary/aromatic N) is 2. The summed E-state index contributed by atoms with van der Waals surface area (Å²) < 4.78 is 2.28. The van der Waals surface area contributed by atoms with Crippen LogP contribution in [0.3, 0.4) is 0 Å². The van der Waals surface area contributed by atoms with E-state index in [0.717, 1.165) is 18.2 Å². The van der Waals surface area contributed by atoms with Crippen molar-refractivity contribution < 1.29 is 0 Å². The van der Waals surface area contributed by atoms with Crippen LogP contribution in [0.4, 0.5) is 0 Å². The molecule has 0 atom stereocenters. The Bertz CT molecular complexity index is 572. The highest BCUT2D eigenvalue weighted by atomic mass is 79.9. The average Bonchev–Trinajstić information content (AvgIpc) is 2.82. The van der Waals surface area contributed by atoms with E-state index in [1.807, 2.05) is 6.33 Å². The van der Waals surface area contributed by atoms with E-state index in [-0.39, 0.29) is 0 Å². The number of hydrogen-bond donors (Lipinski definition) is 0. The predicted octanol–water partition coefficient (Wildman–Crippen LogP) is 3.95. The second kappa shape index (κ2) is 4.88. The number of alkyl halides is 1. The van der Waals surface area contributed by atoms with Crippen molar-refractivity contribution >= 4 is 15.9 Å². The summed E-state index contributed by atoms with van der Waals surface area (Å²) in [5, 5.41) is 0.913. The summed E-state index contributed by atoms with van der Waals surface area (Å²) in [6, 6.07) is 6.65. The maximum Gasteiger partial charge on any atom is 0.0997 e. The summed E-state index contributed by atoms with van der Waals surface area (Å²) in [5.74, 6) is 0. The summed E-state index contributed by atoms with van der Waals surface area (Å²) in [6.07, 6.45) is 6.87. The molecule has 94 valence electrons. The molecule has 1 aliphatic carbocycles. The third-order valence-corrected chi connectivity index (χ3v) is 4.35. The fraction of sp³-hybridized carbons (Fsp3) is 0.400. The maximum absolute atomic E-state index is 4.57.